The van der Waals surface area contributed by atoms with Crippen LogP contribution >= 0.6 is 0 Å². The van der Waals surface area contributed by atoms with E-state index in [9.17, 15) is 22.8 Å². The molecule has 0 saturated heterocycles. The van der Waals surface area contributed by atoms with Crippen LogP contribution in [0.15, 0.2) is 41.2 Å². The van der Waals surface area contributed by atoms with Gasteiger partial charge in [-0.05, 0) is 42.8 Å². The van der Waals surface area contributed by atoms with E-state index in [2.05, 4.69) is 10.4 Å². The number of rotatable bonds is 4. The molecule has 1 aliphatic heterocycles. The summed E-state index contributed by atoms with van der Waals surface area (Å²) in [6, 6.07) is 4.84. The van der Waals surface area contributed by atoms with Crippen LogP contribution in [-0.2, 0) is 10.9 Å². The Bertz CT molecular complexity index is 1010. The Balaban J connectivity index is 1.83. The molecule has 0 saturated carbocycles. The van der Waals surface area contributed by atoms with Crippen LogP contribution in [0.25, 0.3) is 5.70 Å². The van der Waals surface area contributed by atoms with E-state index in [-0.39, 0.29) is 16.9 Å². The van der Waals surface area contributed by atoms with Gasteiger partial charge in [0.1, 0.15) is 5.69 Å². The van der Waals surface area contributed by atoms with E-state index < -0.39 is 29.2 Å². The maximum absolute atomic E-state index is 13.0. The van der Waals surface area contributed by atoms with E-state index in [4.69, 9.17) is 10.5 Å². The van der Waals surface area contributed by atoms with Crippen LogP contribution in [0.4, 0.5) is 18.9 Å². The van der Waals surface area contributed by atoms with Crippen molar-refractivity contribution in [2.75, 3.05) is 18.9 Å². The Labute approximate surface area is 164 Å². The van der Waals surface area contributed by atoms with E-state index in [1.807, 2.05) is 0 Å². The molecule has 0 fully saturated rings. The third kappa shape index (κ3) is 4.83. The number of nitrogens with two attached hydrogens (primary N) is 1. The quantitative estimate of drug-likeness (QED) is 0.758. The molecule has 0 unspecified atom stereocenters. The molecule has 1 atom stereocenters. The summed E-state index contributed by atoms with van der Waals surface area (Å²) >= 11 is 0. The molecule has 154 valence electrons. The molecule has 0 radical (unpaired) electrons. The fourth-order valence-corrected chi connectivity index (χ4v) is 2.89. The van der Waals surface area contributed by atoms with Crippen molar-refractivity contribution in [2.24, 2.45) is 0 Å². The van der Waals surface area contributed by atoms with Crippen molar-refractivity contribution in [2.45, 2.75) is 25.6 Å². The van der Waals surface area contributed by atoms with Crippen molar-refractivity contribution in [3.05, 3.63) is 63.6 Å². The van der Waals surface area contributed by atoms with Crippen LogP contribution in [-0.4, -0.2) is 28.9 Å². The smallest absolute Gasteiger partial charge is 0.399 e. The highest BCUT2D eigenvalue weighted by Gasteiger charge is 2.31. The average molecular weight is 408 g/mol. The third-order valence-corrected chi connectivity index (χ3v) is 4.40. The van der Waals surface area contributed by atoms with Crippen LogP contribution in [0.5, 0.6) is 0 Å². The molecular formula is C19H19F3N4O3. The predicted molar refractivity (Wildman–Crippen MR) is 99.9 cm³/mol. The van der Waals surface area contributed by atoms with Gasteiger partial charge in [-0.2, -0.15) is 18.3 Å². The van der Waals surface area contributed by atoms with Gasteiger partial charge in [-0.3, -0.25) is 9.59 Å². The van der Waals surface area contributed by atoms with Crippen molar-refractivity contribution in [1.29, 1.82) is 0 Å². The van der Waals surface area contributed by atoms with E-state index >= 15 is 0 Å². The van der Waals surface area contributed by atoms with Crippen LogP contribution in [0, 0.1) is 0 Å². The summed E-state index contributed by atoms with van der Waals surface area (Å²) < 4.78 is 45.3. The van der Waals surface area contributed by atoms with Crippen molar-refractivity contribution < 1.29 is 22.7 Å². The number of aromatic nitrogens is 2. The fourth-order valence-electron chi connectivity index (χ4n) is 2.89. The zero-order chi connectivity index (χ0) is 21.2. The lowest BCUT2D eigenvalue weighted by molar-refractivity contribution is -0.137. The monoisotopic (exact) mass is 408 g/mol. The van der Waals surface area contributed by atoms with Gasteiger partial charge < -0.3 is 15.8 Å². The number of amides is 1. The van der Waals surface area contributed by atoms with Gasteiger partial charge >= 0.3 is 6.18 Å². The van der Waals surface area contributed by atoms with E-state index in [0.717, 1.165) is 16.8 Å². The maximum atomic E-state index is 13.0. The number of hydrogen-bond acceptors (Lipinski definition) is 5. The summed E-state index contributed by atoms with van der Waals surface area (Å²) in [7, 11) is 0. The van der Waals surface area contributed by atoms with Gasteiger partial charge in [0.15, 0.2) is 0 Å². The second-order valence-electron chi connectivity index (χ2n) is 6.57. The molecule has 0 aliphatic carbocycles. The first-order valence-electron chi connectivity index (χ1n) is 8.81. The Morgan fingerprint density at radius 1 is 1.31 bits per heavy atom. The molecule has 3 rings (SSSR count). The molecule has 3 N–H and O–H groups in total. The lowest BCUT2D eigenvalue weighted by Gasteiger charge is -2.18. The highest BCUT2D eigenvalue weighted by molar-refractivity contribution is 5.92. The number of hydrogen-bond donors (Lipinski definition) is 2. The van der Waals surface area contributed by atoms with E-state index in [0.29, 0.717) is 25.3 Å². The van der Waals surface area contributed by atoms with Crippen LogP contribution in [0.1, 0.15) is 41.0 Å². The van der Waals surface area contributed by atoms with Gasteiger partial charge in [0, 0.05) is 23.9 Å². The van der Waals surface area contributed by atoms with Crippen molar-refractivity contribution in [1.82, 2.24) is 15.1 Å². The van der Waals surface area contributed by atoms with Gasteiger partial charge in [0.2, 0.25) is 0 Å². The number of nitrogen functional groups attached to an aromatic ring is 1. The standard InChI is InChI=1S/C19H19F3N4O3/c1-11(12-8-13(19(20,21)22)10-14(23)9-12)24-18(28)16-2-3-17(27)26(25-16)15-4-6-29-7-5-15/h2-4,8-11H,5-7,23H2,1H3,(H,24,28)/t11-/m1/s1. The minimum Gasteiger partial charge on any atom is -0.399 e. The normalized spacial score (nSPS) is 15.5. The first-order chi connectivity index (χ1) is 13.6. The van der Waals surface area contributed by atoms with E-state index in [1.165, 1.54) is 25.1 Å². The third-order valence-electron chi connectivity index (χ3n) is 4.40. The second-order valence-corrected chi connectivity index (χ2v) is 6.57. The van der Waals surface area contributed by atoms with Gasteiger partial charge in [-0.25, -0.2) is 4.68 Å². The SMILES string of the molecule is C[C@@H](NC(=O)c1ccc(=O)n(C2=CCOCC2)n1)c1cc(N)cc(C(F)(F)F)c1. The molecule has 0 spiro atoms. The zero-order valence-corrected chi connectivity index (χ0v) is 15.5. The molecule has 2 aromatic rings. The number of halogens is 3. The molecule has 7 nitrogen and oxygen atoms in total. The van der Waals surface area contributed by atoms with E-state index in [1.54, 1.807) is 6.08 Å². The van der Waals surface area contributed by atoms with Gasteiger partial charge in [-0.15, -0.1) is 0 Å². The molecule has 0 bridgehead atoms. The molecule has 29 heavy (non-hydrogen) atoms. The van der Waals surface area contributed by atoms with Crippen LogP contribution in [0.3, 0.4) is 0 Å². The summed E-state index contributed by atoms with van der Waals surface area (Å²) in [6.45, 7) is 2.31. The lowest BCUT2D eigenvalue weighted by Crippen LogP contribution is -2.31. The lowest BCUT2D eigenvalue weighted by atomic mass is 10.0. The maximum Gasteiger partial charge on any atom is 0.416 e. The Kier molecular flexibility index (Phi) is 5.73. The average Bonchev–Trinajstić information content (AvgIpc) is 2.67. The molecule has 1 aromatic carbocycles. The predicted octanol–water partition coefficient (Wildman–Crippen LogP) is 2.60. The number of ether oxygens (including phenoxy) is 1. The molecule has 1 amide bonds. The largest absolute Gasteiger partial charge is 0.416 e. The number of nitrogens with one attached hydrogen (secondary N) is 1. The minimum atomic E-state index is -4.55. The fraction of sp³-hybridized carbons (Fsp3) is 0.316. The number of carbonyl (C=O) groups is 1. The zero-order valence-electron chi connectivity index (χ0n) is 15.5. The van der Waals surface area contributed by atoms with Gasteiger partial charge in [0.25, 0.3) is 11.5 Å². The number of benzene rings is 1. The number of alkyl halides is 3. The summed E-state index contributed by atoms with van der Waals surface area (Å²) in [5.41, 5.74) is 5.00. The van der Waals surface area contributed by atoms with Crippen molar-refractivity contribution in [3.63, 3.8) is 0 Å². The van der Waals surface area contributed by atoms with Crippen molar-refractivity contribution >= 4 is 17.3 Å². The van der Waals surface area contributed by atoms with Crippen LogP contribution in [0.2, 0.25) is 0 Å². The number of anilines is 1. The second kappa shape index (κ2) is 8.08. The van der Waals surface area contributed by atoms with Gasteiger partial charge in [-0.1, -0.05) is 0 Å². The summed E-state index contributed by atoms with van der Waals surface area (Å²) in [5.74, 6) is -0.630. The van der Waals surface area contributed by atoms with Gasteiger partial charge in [0.05, 0.1) is 24.8 Å². The Hall–Kier alpha value is -3.14. The molecule has 1 aromatic heterocycles. The first kappa shape index (κ1) is 20.6. The summed E-state index contributed by atoms with van der Waals surface area (Å²) in [6.07, 6.45) is -2.38. The molecule has 1 aliphatic rings. The van der Waals surface area contributed by atoms with Crippen molar-refractivity contribution in [3.8, 4) is 0 Å². The molecule has 2 heterocycles. The van der Waals surface area contributed by atoms with Crippen LogP contribution < -0.4 is 16.6 Å². The number of nitrogens with zero attached hydrogens (tertiary/aromatic N) is 2. The topological polar surface area (TPSA) is 99.2 Å². The summed E-state index contributed by atoms with van der Waals surface area (Å²) in [4.78, 5) is 24.6. The molecule has 10 heteroatoms. The highest BCUT2D eigenvalue weighted by atomic mass is 19.4. The highest BCUT2D eigenvalue weighted by Crippen LogP contribution is 2.32. The first-order valence-corrected chi connectivity index (χ1v) is 8.81. The number of carbonyl (C=O) groups excluding carboxylic acids is 1. The Morgan fingerprint density at radius 3 is 2.72 bits per heavy atom. The molecular weight excluding hydrogens is 389 g/mol. The Morgan fingerprint density at radius 2 is 2.07 bits per heavy atom. The summed E-state index contributed by atoms with van der Waals surface area (Å²) in [5, 5.41) is 6.66. The minimum absolute atomic E-state index is 0.0382.